The maximum Gasteiger partial charge on any atom is 0.417 e. The van der Waals surface area contributed by atoms with Crippen LogP contribution in [-0.2, 0) is 19.1 Å². The van der Waals surface area contributed by atoms with E-state index in [1.807, 2.05) is 0 Å². The first kappa shape index (κ1) is 23.9. The lowest BCUT2D eigenvalue weighted by Gasteiger charge is -2.31. The number of benzene rings is 1. The Morgan fingerprint density at radius 2 is 2.03 bits per heavy atom. The maximum atomic E-state index is 14.3. The molecular formula is C23H19F4N7O. The summed E-state index contributed by atoms with van der Waals surface area (Å²) in [7, 11) is 0. The van der Waals surface area contributed by atoms with Crippen molar-refractivity contribution in [1.82, 2.24) is 20.3 Å². The topological polar surface area (TPSA) is 107 Å². The van der Waals surface area contributed by atoms with Crippen molar-refractivity contribution in [2.45, 2.75) is 26.1 Å². The zero-order valence-corrected chi connectivity index (χ0v) is 18.4. The maximum absolute atomic E-state index is 14.3. The Hall–Kier alpha value is -4.27. The fourth-order valence-electron chi connectivity index (χ4n) is 3.79. The first-order valence-corrected chi connectivity index (χ1v) is 10.6. The molecule has 2 N–H and O–H groups in total. The Balaban J connectivity index is 1.56. The van der Waals surface area contributed by atoms with Crippen LogP contribution in [0.3, 0.4) is 0 Å². The van der Waals surface area contributed by atoms with Crippen molar-refractivity contribution >= 4 is 23.2 Å². The van der Waals surface area contributed by atoms with Crippen LogP contribution in [0.15, 0.2) is 36.7 Å². The van der Waals surface area contributed by atoms with Crippen molar-refractivity contribution in [2.75, 3.05) is 23.3 Å². The Kier molecular flexibility index (Phi) is 6.50. The summed E-state index contributed by atoms with van der Waals surface area (Å²) in [6.45, 7) is 2.65. The number of anilines is 3. The van der Waals surface area contributed by atoms with Gasteiger partial charge in [0.2, 0.25) is 5.95 Å². The number of carbonyl (C=O) groups is 1. The summed E-state index contributed by atoms with van der Waals surface area (Å²) in [4.78, 5) is 25.9. The molecule has 35 heavy (non-hydrogen) atoms. The average Bonchev–Trinajstić information content (AvgIpc) is 2.83. The molecule has 1 amide bonds. The molecule has 0 fully saturated rings. The first-order valence-electron chi connectivity index (χ1n) is 10.6. The molecular weight excluding hydrogens is 466 g/mol. The number of carbonyl (C=O) groups excluding carboxylic acids is 1. The van der Waals surface area contributed by atoms with E-state index in [-0.39, 0.29) is 17.9 Å². The summed E-state index contributed by atoms with van der Waals surface area (Å²) < 4.78 is 54.4. The monoisotopic (exact) mass is 485 g/mol. The summed E-state index contributed by atoms with van der Waals surface area (Å²) in [5.41, 5.74) is 0.0237. The molecule has 0 bridgehead atoms. The molecule has 0 spiro atoms. The molecule has 0 saturated heterocycles. The average molecular weight is 485 g/mol. The van der Waals surface area contributed by atoms with Crippen LogP contribution in [-0.4, -0.2) is 33.9 Å². The minimum atomic E-state index is -4.65. The fraction of sp³-hybridized carbons (Fsp3) is 0.261. The fourth-order valence-corrected chi connectivity index (χ4v) is 3.79. The third-order valence-corrected chi connectivity index (χ3v) is 5.48. The number of nitrogens with zero attached hydrogens (tertiary/aromatic N) is 5. The van der Waals surface area contributed by atoms with Crippen LogP contribution in [0, 0.1) is 17.3 Å². The molecule has 180 valence electrons. The number of aromatic nitrogens is 3. The quantitative estimate of drug-likeness (QED) is 0.416. The zero-order chi connectivity index (χ0) is 25.2. The second-order valence-corrected chi connectivity index (χ2v) is 7.68. The molecule has 0 unspecified atom stereocenters. The highest BCUT2D eigenvalue weighted by molar-refractivity contribution is 5.94. The van der Waals surface area contributed by atoms with Crippen molar-refractivity contribution in [3.63, 3.8) is 0 Å². The summed E-state index contributed by atoms with van der Waals surface area (Å²) >= 11 is 0. The zero-order valence-electron chi connectivity index (χ0n) is 18.4. The van der Waals surface area contributed by atoms with Crippen molar-refractivity contribution < 1.29 is 22.4 Å². The van der Waals surface area contributed by atoms with Gasteiger partial charge in [0.25, 0.3) is 5.91 Å². The number of rotatable bonds is 5. The minimum absolute atomic E-state index is 0.140. The molecule has 4 rings (SSSR count). The number of alkyl halides is 3. The summed E-state index contributed by atoms with van der Waals surface area (Å²) in [5.74, 6) is -0.972. The second kappa shape index (κ2) is 9.54. The van der Waals surface area contributed by atoms with Gasteiger partial charge >= 0.3 is 6.18 Å². The highest BCUT2D eigenvalue weighted by atomic mass is 19.4. The number of amides is 1. The van der Waals surface area contributed by atoms with Crippen LogP contribution < -0.4 is 15.5 Å². The van der Waals surface area contributed by atoms with E-state index < -0.39 is 29.2 Å². The van der Waals surface area contributed by atoms with E-state index in [1.165, 1.54) is 24.5 Å². The molecule has 0 radical (unpaired) electrons. The van der Waals surface area contributed by atoms with Gasteiger partial charge in [-0.2, -0.15) is 22.8 Å². The normalized spacial score (nSPS) is 13.1. The van der Waals surface area contributed by atoms with Gasteiger partial charge in [0.15, 0.2) is 0 Å². The number of nitriles is 1. The Morgan fingerprint density at radius 3 is 2.71 bits per heavy atom. The van der Waals surface area contributed by atoms with Gasteiger partial charge in [0.05, 0.1) is 35.0 Å². The van der Waals surface area contributed by atoms with Gasteiger partial charge in [-0.1, -0.05) is 0 Å². The van der Waals surface area contributed by atoms with Crippen molar-refractivity contribution in [3.8, 4) is 6.07 Å². The van der Waals surface area contributed by atoms with Crippen LogP contribution in [0.4, 0.5) is 34.9 Å². The van der Waals surface area contributed by atoms with E-state index in [9.17, 15) is 22.4 Å². The van der Waals surface area contributed by atoms with Gasteiger partial charge in [-0.05, 0) is 43.7 Å². The predicted octanol–water partition coefficient (Wildman–Crippen LogP) is 3.96. The lowest BCUT2D eigenvalue weighted by atomic mass is 10.0. The molecule has 2 aromatic heterocycles. The largest absolute Gasteiger partial charge is 0.417 e. The van der Waals surface area contributed by atoms with Gasteiger partial charge in [-0.25, -0.2) is 15.0 Å². The molecule has 12 heteroatoms. The van der Waals surface area contributed by atoms with Gasteiger partial charge in [-0.15, -0.1) is 0 Å². The highest BCUT2D eigenvalue weighted by Gasteiger charge is 2.34. The van der Waals surface area contributed by atoms with E-state index in [2.05, 4.69) is 25.6 Å². The van der Waals surface area contributed by atoms with E-state index in [1.54, 1.807) is 17.9 Å². The van der Waals surface area contributed by atoms with Crippen molar-refractivity contribution in [3.05, 3.63) is 70.6 Å². The van der Waals surface area contributed by atoms with Crippen molar-refractivity contribution in [2.24, 2.45) is 0 Å². The van der Waals surface area contributed by atoms with E-state index >= 15 is 0 Å². The standard InChI is InChI=1S/C23H19F4N7O/c1-2-29-22(35)16-5-6-19(32-20(16)24)33-21-15-7-8-34(11-18(15)30-12-31-21)14-4-3-13(10-28)17(9-14)23(25,26)27/h3-6,9,12H,2,7-8,11H2,1H3,(H,29,35)(H,30,31,32,33). The SMILES string of the molecule is CCNC(=O)c1ccc(Nc2ncnc3c2CCN(c2ccc(C#N)c(C(F)(F)F)c2)C3)nc1F. The summed E-state index contributed by atoms with van der Waals surface area (Å²) in [6.07, 6.45) is -2.95. The van der Waals surface area contributed by atoms with Crippen molar-refractivity contribution in [1.29, 1.82) is 5.26 Å². The summed E-state index contributed by atoms with van der Waals surface area (Å²) in [6, 6.07) is 7.94. The number of fused-ring (bicyclic) bond motifs is 1. The Labute approximate surface area is 197 Å². The van der Waals surface area contributed by atoms with E-state index in [4.69, 9.17) is 5.26 Å². The Morgan fingerprint density at radius 1 is 1.23 bits per heavy atom. The van der Waals surface area contributed by atoms with E-state index in [0.717, 1.165) is 17.7 Å². The van der Waals surface area contributed by atoms with Crippen LogP contribution in [0.2, 0.25) is 0 Å². The predicted molar refractivity (Wildman–Crippen MR) is 118 cm³/mol. The van der Waals surface area contributed by atoms with Crippen LogP contribution in [0.25, 0.3) is 0 Å². The van der Waals surface area contributed by atoms with Crippen LogP contribution >= 0.6 is 0 Å². The molecule has 8 nitrogen and oxygen atoms in total. The smallest absolute Gasteiger partial charge is 0.365 e. The molecule has 0 saturated carbocycles. The second-order valence-electron chi connectivity index (χ2n) is 7.68. The lowest BCUT2D eigenvalue weighted by molar-refractivity contribution is -0.137. The molecule has 1 aliphatic rings. The Bertz CT molecular complexity index is 1320. The number of nitrogens with one attached hydrogen (secondary N) is 2. The molecule has 3 heterocycles. The molecule has 1 aromatic carbocycles. The van der Waals surface area contributed by atoms with Gasteiger partial charge < -0.3 is 15.5 Å². The minimum Gasteiger partial charge on any atom is -0.365 e. The summed E-state index contributed by atoms with van der Waals surface area (Å²) in [5, 5.41) is 14.5. The molecule has 0 atom stereocenters. The van der Waals surface area contributed by atoms with Crippen LogP contribution in [0.1, 0.15) is 39.7 Å². The van der Waals surface area contributed by atoms with E-state index in [0.29, 0.717) is 36.7 Å². The van der Waals surface area contributed by atoms with Gasteiger partial charge in [0, 0.05) is 24.3 Å². The van der Waals surface area contributed by atoms with Gasteiger partial charge in [0.1, 0.15) is 18.0 Å². The third kappa shape index (κ3) is 4.98. The first-order chi connectivity index (χ1) is 16.7. The molecule has 0 aliphatic carbocycles. The van der Waals surface area contributed by atoms with Crippen LogP contribution in [0.5, 0.6) is 0 Å². The number of hydrogen-bond acceptors (Lipinski definition) is 7. The molecule has 1 aliphatic heterocycles. The lowest BCUT2D eigenvalue weighted by Crippen LogP contribution is -2.32. The third-order valence-electron chi connectivity index (χ3n) is 5.48. The number of halogens is 4. The van der Waals surface area contributed by atoms with Gasteiger partial charge in [-0.3, -0.25) is 4.79 Å². The highest BCUT2D eigenvalue weighted by Crippen LogP contribution is 2.36. The molecule has 3 aromatic rings. The number of hydrogen-bond donors (Lipinski definition) is 2. The number of pyridine rings is 1.